The van der Waals surface area contributed by atoms with E-state index in [-0.39, 0.29) is 11.8 Å². The maximum absolute atomic E-state index is 12.4. The van der Waals surface area contributed by atoms with Crippen LogP contribution in [0.5, 0.6) is 23.0 Å². The van der Waals surface area contributed by atoms with E-state index in [4.69, 9.17) is 18.9 Å². The molecule has 6 nitrogen and oxygen atoms in total. The minimum absolute atomic E-state index is 0.0629. The summed E-state index contributed by atoms with van der Waals surface area (Å²) in [5, 5.41) is 2.93. The zero-order valence-electron chi connectivity index (χ0n) is 16.1. The van der Waals surface area contributed by atoms with Gasteiger partial charge in [-0.05, 0) is 12.5 Å². The molecule has 2 aromatic carbocycles. The van der Waals surface area contributed by atoms with Gasteiger partial charge in [0.05, 0.1) is 33.6 Å². The highest BCUT2D eigenvalue weighted by molar-refractivity contribution is 5.96. The van der Waals surface area contributed by atoms with Crippen LogP contribution in [0.3, 0.4) is 0 Å². The fraction of sp³-hybridized carbons (Fsp3) is 0.381. The van der Waals surface area contributed by atoms with Crippen molar-refractivity contribution in [1.29, 1.82) is 0 Å². The quantitative estimate of drug-likeness (QED) is 0.798. The average Bonchev–Trinajstić information content (AvgIpc) is 2.70. The third kappa shape index (κ3) is 3.65. The number of carbonyl (C=O) groups is 1. The van der Waals surface area contributed by atoms with Gasteiger partial charge in [-0.2, -0.15) is 0 Å². The summed E-state index contributed by atoms with van der Waals surface area (Å²) in [6.45, 7) is 2.62. The molecule has 1 heterocycles. The van der Waals surface area contributed by atoms with Crippen LogP contribution in [0.2, 0.25) is 0 Å². The Morgan fingerprint density at radius 1 is 1.07 bits per heavy atom. The van der Waals surface area contributed by atoms with Crippen molar-refractivity contribution in [3.63, 3.8) is 0 Å². The average molecular weight is 371 g/mol. The van der Waals surface area contributed by atoms with Crippen LogP contribution in [0, 0.1) is 0 Å². The zero-order valence-corrected chi connectivity index (χ0v) is 16.1. The molecule has 0 bridgehead atoms. The van der Waals surface area contributed by atoms with Crippen LogP contribution >= 0.6 is 0 Å². The highest BCUT2D eigenvalue weighted by Gasteiger charge is 2.33. The molecule has 0 aliphatic carbocycles. The lowest BCUT2D eigenvalue weighted by molar-refractivity contribution is -0.116. The number of benzene rings is 2. The first kappa shape index (κ1) is 18.9. The molecule has 0 saturated carbocycles. The zero-order chi connectivity index (χ0) is 19.4. The molecule has 6 heteroatoms. The third-order valence-electron chi connectivity index (χ3n) is 4.64. The van der Waals surface area contributed by atoms with Gasteiger partial charge in [-0.25, -0.2) is 0 Å². The second kappa shape index (κ2) is 8.20. The fourth-order valence-corrected chi connectivity index (χ4v) is 3.43. The summed E-state index contributed by atoms with van der Waals surface area (Å²) in [6.07, 6.45) is 1.17. The Morgan fingerprint density at radius 3 is 2.52 bits per heavy atom. The van der Waals surface area contributed by atoms with Crippen molar-refractivity contribution >= 4 is 11.6 Å². The van der Waals surface area contributed by atoms with Gasteiger partial charge in [0, 0.05) is 35.6 Å². The third-order valence-corrected chi connectivity index (χ3v) is 4.64. The van der Waals surface area contributed by atoms with Gasteiger partial charge >= 0.3 is 0 Å². The molecular formula is C21H25NO5. The topological polar surface area (TPSA) is 66.0 Å². The lowest BCUT2D eigenvalue weighted by Gasteiger charge is -2.29. The van der Waals surface area contributed by atoms with Gasteiger partial charge in [0.2, 0.25) is 5.91 Å². The number of rotatable bonds is 7. The second-order valence-corrected chi connectivity index (χ2v) is 6.32. The predicted octanol–water partition coefficient (Wildman–Crippen LogP) is 3.98. The van der Waals surface area contributed by atoms with Crippen molar-refractivity contribution in [1.82, 2.24) is 0 Å². The van der Waals surface area contributed by atoms with Crippen molar-refractivity contribution in [2.75, 3.05) is 33.3 Å². The molecule has 1 N–H and O–H groups in total. The molecule has 0 fully saturated rings. The number of fused-ring (bicyclic) bond motifs is 1. The van der Waals surface area contributed by atoms with Crippen molar-refractivity contribution in [3.8, 4) is 23.0 Å². The van der Waals surface area contributed by atoms with Crippen LogP contribution in [0.1, 0.15) is 36.8 Å². The lowest BCUT2D eigenvalue weighted by atomic mass is 9.83. The van der Waals surface area contributed by atoms with Gasteiger partial charge in [-0.1, -0.05) is 19.1 Å². The summed E-state index contributed by atoms with van der Waals surface area (Å²) >= 11 is 0. The van der Waals surface area contributed by atoms with E-state index in [1.165, 1.54) is 0 Å². The monoisotopic (exact) mass is 371 g/mol. The van der Waals surface area contributed by atoms with E-state index in [0.29, 0.717) is 41.7 Å². The standard InChI is InChI=1S/C21H25NO5/c1-5-9-27-21-14(7-6-8-17(21)25-3)15-12-19(23)22-16-10-13(24-2)11-18(26-4)20(15)16/h6-8,10-11,15H,5,9,12H2,1-4H3,(H,22,23)/t15-/m0/s1. The van der Waals surface area contributed by atoms with Crippen molar-refractivity contribution < 1.29 is 23.7 Å². The number of para-hydroxylation sites is 1. The van der Waals surface area contributed by atoms with Crippen LogP contribution in [0.25, 0.3) is 0 Å². The summed E-state index contributed by atoms with van der Waals surface area (Å²) in [5.74, 6) is 2.34. The Bertz CT molecular complexity index is 834. The summed E-state index contributed by atoms with van der Waals surface area (Å²) in [4.78, 5) is 12.4. The Kier molecular flexibility index (Phi) is 5.74. The minimum atomic E-state index is -0.212. The molecule has 2 aromatic rings. The Labute approximate surface area is 159 Å². The largest absolute Gasteiger partial charge is 0.497 e. The SMILES string of the molecule is CCCOc1c(OC)cccc1[C@@H]1CC(=O)Nc2cc(OC)cc(OC)c21. The molecule has 3 rings (SSSR count). The molecule has 0 saturated heterocycles. The smallest absolute Gasteiger partial charge is 0.225 e. The van der Waals surface area contributed by atoms with Gasteiger partial charge in [0.25, 0.3) is 0 Å². The maximum Gasteiger partial charge on any atom is 0.225 e. The van der Waals surface area contributed by atoms with Crippen LogP contribution in [-0.4, -0.2) is 33.8 Å². The molecule has 0 radical (unpaired) electrons. The summed E-state index contributed by atoms with van der Waals surface area (Å²) in [6, 6.07) is 9.40. The van der Waals surface area contributed by atoms with Crippen LogP contribution in [-0.2, 0) is 4.79 Å². The first-order valence-electron chi connectivity index (χ1n) is 8.98. The molecule has 144 valence electrons. The molecule has 0 aromatic heterocycles. The number of nitrogens with one attached hydrogen (secondary N) is 1. The summed E-state index contributed by atoms with van der Waals surface area (Å²) in [7, 11) is 4.82. The first-order chi connectivity index (χ1) is 13.1. The van der Waals surface area contributed by atoms with Gasteiger partial charge < -0.3 is 24.3 Å². The maximum atomic E-state index is 12.4. The lowest BCUT2D eigenvalue weighted by Crippen LogP contribution is -2.24. The van der Waals surface area contributed by atoms with Gasteiger partial charge in [-0.15, -0.1) is 0 Å². The highest BCUT2D eigenvalue weighted by atomic mass is 16.5. The first-order valence-corrected chi connectivity index (χ1v) is 8.98. The van der Waals surface area contributed by atoms with Gasteiger partial charge in [0.1, 0.15) is 11.5 Å². The van der Waals surface area contributed by atoms with E-state index in [9.17, 15) is 4.79 Å². The van der Waals surface area contributed by atoms with E-state index in [2.05, 4.69) is 5.32 Å². The normalized spacial score (nSPS) is 15.6. The molecule has 27 heavy (non-hydrogen) atoms. The van der Waals surface area contributed by atoms with E-state index < -0.39 is 0 Å². The molecule has 1 atom stereocenters. The van der Waals surface area contributed by atoms with Crippen LogP contribution in [0.4, 0.5) is 5.69 Å². The van der Waals surface area contributed by atoms with E-state index in [1.54, 1.807) is 21.3 Å². The van der Waals surface area contributed by atoms with Crippen molar-refractivity contribution in [3.05, 3.63) is 41.5 Å². The number of ether oxygens (including phenoxy) is 4. The van der Waals surface area contributed by atoms with E-state index in [1.807, 2.05) is 37.3 Å². The number of anilines is 1. The molecule has 0 unspecified atom stereocenters. The number of methoxy groups -OCH3 is 3. The summed E-state index contributed by atoms with van der Waals surface area (Å²) in [5.41, 5.74) is 2.51. The van der Waals surface area contributed by atoms with Crippen LogP contribution < -0.4 is 24.3 Å². The van der Waals surface area contributed by atoms with Crippen molar-refractivity contribution in [2.24, 2.45) is 0 Å². The van der Waals surface area contributed by atoms with E-state index >= 15 is 0 Å². The number of hydrogen-bond donors (Lipinski definition) is 1. The fourth-order valence-electron chi connectivity index (χ4n) is 3.43. The molecule has 0 spiro atoms. The predicted molar refractivity (Wildman–Crippen MR) is 103 cm³/mol. The minimum Gasteiger partial charge on any atom is -0.497 e. The van der Waals surface area contributed by atoms with Gasteiger partial charge in [0.15, 0.2) is 11.5 Å². The molecular weight excluding hydrogens is 346 g/mol. The van der Waals surface area contributed by atoms with Crippen LogP contribution in [0.15, 0.2) is 30.3 Å². The Morgan fingerprint density at radius 2 is 1.85 bits per heavy atom. The van der Waals surface area contributed by atoms with Crippen molar-refractivity contribution in [2.45, 2.75) is 25.7 Å². The molecule has 1 amide bonds. The Balaban J connectivity index is 2.18. The van der Waals surface area contributed by atoms with Gasteiger partial charge in [-0.3, -0.25) is 4.79 Å². The second-order valence-electron chi connectivity index (χ2n) is 6.32. The number of amides is 1. The Hall–Kier alpha value is -2.89. The number of hydrogen-bond acceptors (Lipinski definition) is 5. The summed E-state index contributed by atoms with van der Waals surface area (Å²) < 4.78 is 22.5. The van der Waals surface area contributed by atoms with E-state index in [0.717, 1.165) is 17.5 Å². The number of carbonyl (C=O) groups excluding carboxylic acids is 1. The molecule has 1 aliphatic rings. The highest BCUT2D eigenvalue weighted by Crippen LogP contribution is 2.48. The molecule has 1 aliphatic heterocycles.